The number of nitrogens with one attached hydrogen (secondary N) is 1. The zero-order chi connectivity index (χ0) is 16.7. The molecule has 3 rings (SSSR count). The monoisotopic (exact) mass is 335 g/mol. The smallest absolute Gasteiger partial charge is 0.399 e. The molecule has 8 nitrogen and oxygen atoms in total. The van der Waals surface area contributed by atoms with Gasteiger partial charge in [-0.2, -0.15) is 5.10 Å². The van der Waals surface area contributed by atoms with Crippen LogP contribution in [0, 0.1) is 0 Å². The molecule has 0 saturated carbocycles. The van der Waals surface area contributed by atoms with Crippen molar-refractivity contribution in [3.8, 4) is 0 Å². The largest absolute Gasteiger partial charge is 0.507 e. The summed E-state index contributed by atoms with van der Waals surface area (Å²) in [5, 5.41) is 7.12. The Morgan fingerprint density at radius 1 is 1.35 bits per heavy atom. The molecule has 1 aliphatic heterocycles. The third kappa shape index (κ3) is 3.28. The molecule has 0 spiro atoms. The molecule has 0 aliphatic carbocycles. The highest BCUT2D eigenvalue weighted by Crippen LogP contribution is 2.37. The van der Waals surface area contributed by atoms with Crippen LogP contribution in [0.4, 0.5) is 5.13 Å². The maximum Gasteiger partial charge on any atom is 0.507 e. The molecule has 10 heteroatoms. The van der Waals surface area contributed by atoms with Gasteiger partial charge in [-0.05, 0) is 27.7 Å². The second-order valence-corrected chi connectivity index (χ2v) is 7.36. The summed E-state index contributed by atoms with van der Waals surface area (Å²) in [7, 11) is -0.474. The number of carbonyl (C=O) groups is 1. The van der Waals surface area contributed by atoms with Gasteiger partial charge in [-0.25, -0.2) is 14.6 Å². The van der Waals surface area contributed by atoms with Crippen LogP contribution >= 0.6 is 11.3 Å². The molecule has 3 heterocycles. The molecule has 23 heavy (non-hydrogen) atoms. The number of aromatic nitrogens is 4. The fourth-order valence-corrected chi connectivity index (χ4v) is 2.82. The lowest BCUT2D eigenvalue weighted by Crippen LogP contribution is -2.41. The lowest BCUT2D eigenvalue weighted by atomic mass is 9.89. The lowest BCUT2D eigenvalue weighted by molar-refractivity contribution is -0.116. The predicted octanol–water partition coefficient (Wildman–Crippen LogP) is 0.672. The molecule has 2 aromatic rings. The molecule has 122 valence electrons. The fraction of sp³-hybridized carbons (Fsp3) is 0.538. The Morgan fingerprint density at radius 3 is 2.65 bits per heavy atom. The van der Waals surface area contributed by atoms with Crippen LogP contribution in [-0.2, 0) is 20.6 Å². The van der Waals surface area contributed by atoms with Crippen molar-refractivity contribution in [2.24, 2.45) is 0 Å². The zero-order valence-electron chi connectivity index (χ0n) is 13.4. The van der Waals surface area contributed by atoms with Crippen LogP contribution < -0.4 is 10.1 Å². The first-order valence-corrected chi connectivity index (χ1v) is 8.02. The summed E-state index contributed by atoms with van der Waals surface area (Å²) in [6.45, 7) is 8.07. The maximum absolute atomic E-state index is 11.9. The molecule has 1 fully saturated rings. The minimum Gasteiger partial charge on any atom is -0.399 e. The molecular formula is C13H18BN5O3S. The molecule has 0 bridgehead atoms. The SMILES string of the molecule is CC1(C)OB(c2cnc(NC(=O)Cn3cncn3)s2)OC1(C)C. The van der Waals surface area contributed by atoms with Crippen molar-refractivity contribution in [1.29, 1.82) is 0 Å². The van der Waals surface area contributed by atoms with Crippen LogP contribution in [0.15, 0.2) is 18.9 Å². The molecule has 1 amide bonds. The molecule has 1 N–H and O–H groups in total. The summed E-state index contributed by atoms with van der Waals surface area (Å²) in [4.78, 5) is 19.9. The minimum atomic E-state index is -0.474. The number of amides is 1. The number of nitrogens with zero attached hydrogens (tertiary/aromatic N) is 4. The van der Waals surface area contributed by atoms with E-state index in [0.29, 0.717) is 5.13 Å². The van der Waals surface area contributed by atoms with Crippen molar-refractivity contribution in [1.82, 2.24) is 19.7 Å². The average Bonchev–Trinajstić information content (AvgIpc) is 3.12. The van der Waals surface area contributed by atoms with Crippen LogP contribution in [0.3, 0.4) is 0 Å². The van der Waals surface area contributed by atoms with Gasteiger partial charge in [-0.15, -0.1) is 11.3 Å². The number of hydrogen-bond donors (Lipinski definition) is 1. The third-order valence-electron chi connectivity index (χ3n) is 4.03. The van der Waals surface area contributed by atoms with Gasteiger partial charge in [0.15, 0.2) is 5.13 Å². The fourth-order valence-electron chi connectivity index (χ4n) is 2.03. The molecule has 2 aromatic heterocycles. The Bertz CT molecular complexity index is 684. The number of thiazole rings is 1. The molecular weight excluding hydrogens is 317 g/mol. The van der Waals surface area contributed by atoms with Crippen LogP contribution in [0.2, 0.25) is 0 Å². The van der Waals surface area contributed by atoms with Gasteiger partial charge in [-0.3, -0.25) is 4.79 Å². The summed E-state index contributed by atoms with van der Waals surface area (Å²) in [5.41, 5.74) is -0.809. The summed E-state index contributed by atoms with van der Waals surface area (Å²) in [6, 6.07) is 0. The Kier molecular flexibility index (Phi) is 3.99. The van der Waals surface area contributed by atoms with E-state index in [0.717, 1.165) is 4.78 Å². The van der Waals surface area contributed by atoms with Crippen molar-refractivity contribution in [3.05, 3.63) is 18.9 Å². The molecule has 0 aromatic carbocycles. The zero-order valence-corrected chi connectivity index (χ0v) is 14.3. The van der Waals surface area contributed by atoms with Crippen molar-refractivity contribution in [2.45, 2.75) is 45.4 Å². The normalized spacial score (nSPS) is 19.0. The molecule has 1 saturated heterocycles. The standard InChI is InChI=1S/C13H18BN5O3S/c1-12(2)13(3,4)22-14(21-12)9-5-16-11(23-9)18-10(20)6-19-8-15-7-17-19/h5,7-8H,6H2,1-4H3,(H,16,18,20). The van der Waals surface area contributed by atoms with Gasteiger partial charge in [0.2, 0.25) is 5.91 Å². The minimum absolute atomic E-state index is 0.0887. The van der Waals surface area contributed by atoms with Gasteiger partial charge in [0.25, 0.3) is 0 Å². The summed E-state index contributed by atoms with van der Waals surface area (Å²) in [5.74, 6) is -0.217. The van der Waals surface area contributed by atoms with E-state index in [4.69, 9.17) is 9.31 Å². The van der Waals surface area contributed by atoms with E-state index in [1.165, 1.54) is 28.7 Å². The first kappa shape index (κ1) is 16.1. The Labute approximate surface area is 138 Å². The average molecular weight is 335 g/mol. The van der Waals surface area contributed by atoms with Gasteiger partial charge < -0.3 is 14.6 Å². The third-order valence-corrected chi connectivity index (χ3v) is 4.96. The van der Waals surface area contributed by atoms with Crippen LogP contribution in [-0.4, -0.2) is 44.0 Å². The first-order valence-electron chi connectivity index (χ1n) is 7.20. The number of rotatable bonds is 4. The second-order valence-electron chi connectivity index (χ2n) is 6.30. The molecule has 0 radical (unpaired) electrons. The van der Waals surface area contributed by atoms with E-state index in [1.807, 2.05) is 27.7 Å². The Hall–Kier alpha value is -1.78. The van der Waals surface area contributed by atoms with Gasteiger partial charge in [0.05, 0.1) is 16.0 Å². The lowest BCUT2D eigenvalue weighted by Gasteiger charge is -2.32. The van der Waals surface area contributed by atoms with Crippen molar-refractivity contribution in [2.75, 3.05) is 5.32 Å². The van der Waals surface area contributed by atoms with Gasteiger partial charge >= 0.3 is 7.12 Å². The molecule has 0 unspecified atom stereocenters. The maximum atomic E-state index is 11.9. The van der Waals surface area contributed by atoms with E-state index in [1.54, 1.807) is 6.20 Å². The first-order chi connectivity index (χ1) is 10.8. The Balaban J connectivity index is 1.64. The van der Waals surface area contributed by atoms with Gasteiger partial charge in [-0.1, -0.05) is 0 Å². The second kappa shape index (κ2) is 5.70. The van der Waals surface area contributed by atoms with E-state index in [9.17, 15) is 4.79 Å². The van der Waals surface area contributed by atoms with E-state index < -0.39 is 18.3 Å². The number of anilines is 1. The van der Waals surface area contributed by atoms with Crippen LogP contribution in [0.25, 0.3) is 0 Å². The van der Waals surface area contributed by atoms with E-state index in [2.05, 4.69) is 20.4 Å². The molecule has 0 atom stereocenters. The van der Waals surface area contributed by atoms with Crippen LogP contribution in [0.5, 0.6) is 0 Å². The topological polar surface area (TPSA) is 91.2 Å². The van der Waals surface area contributed by atoms with Crippen molar-refractivity contribution >= 4 is 34.3 Å². The highest BCUT2D eigenvalue weighted by molar-refractivity contribution is 7.25. The summed E-state index contributed by atoms with van der Waals surface area (Å²) >= 11 is 1.33. The number of carbonyl (C=O) groups excluding carboxylic acids is 1. The van der Waals surface area contributed by atoms with Gasteiger partial charge in [0.1, 0.15) is 19.2 Å². The van der Waals surface area contributed by atoms with Crippen LogP contribution in [0.1, 0.15) is 27.7 Å². The highest BCUT2D eigenvalue weighted by atomic mass is 32.1. The number of hydrogen-bond acceptors (Lipinski definition) is 7. The van der Waals surface area contributed by atoms with E-state index >= 15 is 0 Å². The molecule has 1 aliphatic rings. The van der Waals surface area contributed by atoms with E-state index in [-0.39, 0.29) is 12.5 Å². The Morgan fingerprint density at radius 2 is 2.04 bits per heavy atom. The van der Waals surface area contributed by atoms with Crippen molar-refractivity contribution in [3.63, 3.8) is 0 Å². The van der Waals surface area contributed by atoms with Crippen molar-refractivity contribution < 1.29 is 14.1 Å². The summed E-state index contributed by atoms with van der Waals surface area (Å²) in [6.07, 6.45) is 4.53. The van der Waals surface area contributed by atoms with Gasteiger partial charge in [0, 0.05) is 6.20 Å². The quantitative estimate of drug-likeness (QED) is 0.826. The predicted molar refractivity (Wildman–Crippen MR) is 86.5 cm³/mol. The summed E-state index contributed by atoms with van der Waals surface area (Å²) < 4.78 is 14.2. The highest BCUT2D eigenvalue weighted by Gasteiger charge is 2.52.